The minimum Gasteiger partial charge on any atom is -0.398 e. The molecule has 0 aromatic heterocycles. The number of anilines is 2. The molecule has 1 unspecified atom stereocenters. The van der Waals surface area contributed by atoms with Crippen LogP contribution in [0.25, 0.3) is 0 Å². The van der Waals surface area contributed by atoms with Crippen molar-refractivity contribution in [2.45, 2.75) is 11.3 Å². The number of nitrogens with two attached hydrogens (primary N) is 1. The fraction of sp³-hybridized carbons (Fsp3) is 0.538. The van der Waals surface area contributed by atoms with Gasteiger partial charge in [-0.1, -0.05) is 0 Å². The lowest BCUT2D eigenvalue weighted by atomic mass is 10.1. The number of nitrogen functional groups attached to an aromatic ring is 1. The minimum absolute atomic E-state index is 0.117. The van der Waals surface area contributed by atoms with Crippen molar-refractivity contribution in [2.24, 2.45) is 5.92 Å². The van der Waals surface area contributed by atoms with Gasteiger partial charge < -0.3 is 16.0 Å². The van der Waals surface area contributed by atoms with Gasteiger partial charge in [-0.2, -0.15) is 0 Å². The van der Waals surface area contributed by atoms with Gasteiger partial charge in [0.25, 0.3) is 0 Å². The summed E-state index contributed by atoms with van der Waals surface area (Å²) in [4.78, 5) is 2.43. The molecule has 0 bridgehead atoms. The Bertz CT molecular complexity index is 574. The quantitative estimate of drug-likeness (QED) is 0.691. The van der Waals surface area contributed by atoms with E-state index in [1.54, 1.807) is 12.1 Å². The molecule has 1 aromatic rings. The third kappa shape index (κ3) is 3.41. The number of nitrogens with one attached hydrogen (secondary N) is 2. The fourth-order valence-electron chi connectivity index (χ4n) is 2.47. The highest BCUT2D eigenvalue weighted by Gasteiger charge is 2.19. The molecule has 1 aliphatic rings. The fourth-order valence-corrected chi connectivity index (χ4v) is 3.30. The van der Waals surface area contributed by atoms with E-state index in [1.807, 2.05) is 0 Å². The summed E-state index contributed by atoms with van der Waals surface area (Å²) in [6, 6.07) is 4.95. The number of nitrogens with zero attached hydrogens (tertiary/aromatic N) is 1. The average molecular weight is 298 g/mol. The van der Waals surface area contributed by atoms with Gasteiger partial charge in [0, 0.05) is 18.8 Å². The van der Waals surface area contributed by atoms with Gasteiger partial charge in [-0.3, -0.25) is 0 Å². The van der Waals surface area contributed by atoms with Gasteiger partial charge in [-0.05, 0) is 51.2 Å². The van der Waals surface area contributed by atoms with Crippen LogP contribution in [0, 0.1) is 5.92 Å². The van der Waals surface area contributed by atoms with Crippen LogP contribution in [0.1, 0.15) is 6.42 Å². The second-order valence-corrected chi connectivity index (χ2v) is 7.11. The SMILES string of the molecule is CNS(=O)(=O)c1ccc(NCC2CCN(C)C2)cc1N. The first-order chi connectivity index (χ1) is 9.42. The summed E-state index contributed by atoms with van der Waals surface area (Å²) in [5, 5.41) is 3.32. The Balaban J connectivity index is 2.02. The van der Waals surface area contributed by atoms with E-state index in [1.165, 1.54) is 19.5 Å². The van der Waals surface area contributed by atoms with Crippen molar-refractivity contribution >= 4 is 21.4 Å². The Kier molecular flexibility index (Phi) is 4.52. The molecule has 1 aromatic carbocycles. The third-order valence-corrected chi connectivity index (χ3v) is 5.14. The first-order valence-electron chi connectivity index (χ1n) is 6.68. The molecule has 1 aliphatic heterocycles. The number of hydrogen-bond donors (Lipinski definition) is 3. The van der Waals surface area contributed by atoms with Gasteiger partial charge in [0.15, 0.2) is 0 Å². The van der Waals surface area contributed by atoms with E-state index >= 15 is 0 Å². The first-order valence-corrected chi connectivity index (χ1v) is 8.16. The molecule has 1 heterocycles. The van der Waals surface area contributed by atoms with Gasteiger partial charge in [0.05, 0.1) is 5.69 Å². The van der Waals surface area contributed by atoms with E-state index in [9.17, 15) is 8.42 Å². The zero-order valence-electron chi connectivity index (χ0n) is 11.9. The van der Waals surface area contributed by atoms with Crippen LogP contribution in [-0.4, -0.2) is 47.0 Å². The van der Waals surface area contributed by atoms with Crippen molar-refractivity contribution in [3.05, 3.63) is 18.2 Å². The molecule has 0 spiro atoms. The van der Waals surface area contributed by atoms with Crippen LogP contribution in [0.3, 0.4) is 0 Å². The predicted octanol–water partition coefficient (Wildman–Crippen LogP) is 0.541. The highest BCUT2D eigenvalue weighted by molar-refractivity contribution is 7.89. The molecule has 20 heavy (non-hydrogen) atoms. The van der Waals surface area contributed by atoms with Gasteiger partial charge in [0.2, 0.25) is 10.0 Å². The van der Waals surface area contributed by atoms with Crippen LogP contribution >= 0.6 is 0 Å². The van der Waals surface area contributed by atoms with E-state index < -0.39 is 10.0 Å². The molecule has 0 aliphatic carbocycles. The average Bonchev–Trinajstić information content (AvgIpc) is 2.82. The third-order valence-electron chi connectivity index (χ3n) is 3.65. The molecule has 112 valence electrons. The van der Waals surface area contributed by atoms with Gasteiger partial charge in [-0.15, -0.1) is 0 Å². The standard InChI is InChI=1S/C13H22N4O2S/c1-15-20(18,19)13-4-3-11(7-12(13)14)16-8-10-5-6-17(2)9-10/h3-4,7,10,15-16H,5-6,8-9,14H2,1-2H3. The molecule has 7 heteroatoms. The summed E-state index contributed by atoms with van der Waals surface area (Å²) in [6.45, 7) is 3.10. The Labute approximate surface area is 120 Å². The predicted molar refractivity (Wildman–Crippen MR) is 81.2 cm³/mol. The van der Waals surface area contributed by atoms with Crippen molar-refractivity contribution in [2.75, 3.05) is 44.8 Å². The monoisotopic (exact) mass is 298 g/mol. The van der Waals surface area contributed by atoms with Crippen LogP contribution < -0.4 is 15.8 Å². The Morgan fingerprint density at radius 3 is 2.75 bits per heavy atom. The molecule has 4 N–H and O–H groups in total. The second-order valence-electron chi connectivity index (χ2n) is 5.26. The lowest BCUT2D eigenvalue weighted by molar-refractivity contribution is 0.399. The normalized spacial score (nSPS) is 20.2. The van der Waals surface area contributed by atoms with E-state index in [2.05, 4.69) is 22.0 Å². The van der Waals surface area contributed by atoms with E-state index in [4.69, 9.17) is 5.73 Å². The summed E-state index contributed by atoms with van der Waals surface area (Å²) in [6.07, 6.45) is 1.19. The van der Waals surface area contributed by atoms with Crippen molar-refractivity contribution in [3.63, 3.8) is 0 Å². The second kappa shape index (κ2) is 5.99. The molecule has 0 saturated carbocycles. The summed E-state index contributed by atoms with van der Waals surface area (Å²) in [7, 11) is 0.0000224. The number of benzene rings is 1. The molecule has 1 saturated heterocycles. The zero-order valence-corrected chi connectivity index (χ0v) is 12.7. The van der Waals surface area contributed by atoms with Crippen LogP contribution in [0.5, 0.6) is 0 Å². The highest BCUT2D eigenvalue weighted by atomic mass is 32.2. The topological polar surface area (TPSA) is 87.5 Å². The van der Waals surface area contributed by atoms with Gasteiger partial charge in [-0.25, -0.2) is 13.1 Å². The van der Waals surface area contributed by atoms with Crippen molar-refractivity contribution < 1.29 is 8.42 Å². The summed E-state index contributed by atoms with van der Waals surface area (Å²) in [5.41, 5.74) is 6.93. The van der Waals surface area contributed by atoms with Gasteiger partial charge in [0.1, 0.15) is 4.90 Å². The smallest absolute Gasteiger partial charge is 0.242 e. The Morgan fingerprint density at radius 2 is 2.20 bits per heavy atom. The van der Waals surface area contributed by atoms with Gasteiger partial charge >= 0.3 is 0 Å². The van der Waals surface area contributed by atoms with E-state index in [0.717, 1.165) is 25.3 Å². The molecule has 2 rings (SSSR count). The minimum atomic E-state index is -3.49. The van der Waals surface area contributed by atoms with Crippen LogP contribution in [-0.2, 0) is 10.0 Å². The van der Waals surface area contributed by atoms with Crippen molar-refractivity contribution in [3.8, 4) is 0 Å². The molecule has 0 radical (unpaired) electrons. The largest absolute Gasteiger partial charge is 0.398 e. The maximum Gasteiger partial charge on any atom is 0.242 e. The van der Waals surface area contributed by atoms with Crippen LogP contribution in [0.2, 0.25) is 0 Å². The van der Waals surface area contributed by atoms with E-state index in [-0.39, 0.29) is 10.6 Å². The number of rotatable bonds is 5. The van der Waals surface area contributed by atoms with E-state index in [0.29, 0.717) is 5.92 Å². The van der Waals surface area contributed by atoms with Crippen LogP contribution in [0.15, 0.2) is 23.1 Å². The molecule has 1 atom stereocenters. The molecular formula is C13H22N4O2S. The Morgan fingerprint density at radius 1 is 1.45 bits per heavy atom. The lowest BCUT2D eigenvalue weighted by Crippen LogP contribution is -2.21. The Hall–Kier alpha value is -1.31. The van der Waals surface area contributed by atoms with Crippen molar-refractivity contribution in [1.29, 1.82) is 0 Å². The molecule has 1 fully saturated rings. The van der Waals surface area contributed by atoms with Crippen LogP contribution in [0.4, 0.5) is 11.4 Å². The summed E-state index contributed by atoms with van der Waals surface area (Å²) >= 11 is 0. The van der Waals surface area contributed by atoms with Crippen molar-refractivity contribution in [1.82, 2.24) is 9.62 Å². The summed E-state index contributed by atoms with van der Waals surface area (Å²) < 4.78 is 25.7. The molecule has 0 amide bonds. The summed E-state index contributed by atoms with van der Waals surface area (Å²) in [5.74, 6) is 0.627. The number of sulfonamides is 1. The molecular weight excluding hydrogens is 276 g/mol. The maximum absolute atomic E-state index is 11.7. The first kappa shape index (κ1) is 15.1. The molecule has 6 nitrogen and oxygen atoms in total. The zero-order chi connectivity index (χ0) is 14.8. The maximum atomic E-state index is 11.7. The number of hydrogen-bond acceptors (Lipinski definition) is 5. The highest BCUT2D eigenvalue weighted by Crippen LogP contribution is 2.23. The lowest BCUT2D eigenvalue weighted by Gasteiger charge is -2.14. The number of likely N-dealkylation sites (tertiary alicyclic amines) is 1.